The lowest BCUT2D eigenvalue weighted by atomic mass is 9.94. The van der Waals surface area contributed by atoms with Gasteiger partial charge in [-0.1, -0.05) is 12.5 Å². The van der Waals surface area contributed by atoms with E-state index in [4.69, 9.17) is 9.47 Å². The third-order valence-electron chi connectivity index (χ3n) is 4.53. The lowest BCUT2D eigenvalue weighted by molar-refractivity contribution is -0.0933. The van der Waals surface area contributed by atoms with Crippen LogP contribution in [0.2, 0.25) is 0 Å². The van der Waals surface area contributed by atoms with Crippen LogP contribution >= 0.6 is 0 Å². The summed E-state index contributed by atoms with van der Waals surface area (Å²) in [5.74, 6) is -0.241. The Bertz CT molecular complexity index is 712. The number of carbonyl (C=O) groups is 1. The number of rotatable bonds is 6. The van der Waals surface area contributed by atoms with Crippen molar-refractivity contribution in [2.75, 3.05) is 33.4 Å². The van der Waals surface area contributed by atoms with Gasteiger partial charge in [-0.25, -0.2) is 13.1 Å². The van der Waals surface area contributed by atoms with Crippen molar-refractivity contribution in [3.63, 3.8) is 0 Å². The highest BCUT2D eigenvalue weighted by Gasteiger charge is 2.26. The van der Waals surface area contributed by atoms with Crippen molar-refractivity contribution in [3.8, 4) is 0 Å². The number of ether oxygens (including phenoxy) is 2. The molecule has 25 heavy (non-hydrogen) atoms. The minimum absolute atomic E-state index is 0.00971. The summed E-state index contributed by atoms with van der Waals surface area (Å²) in [4.78, 5) is 14.3. The maximum Gasteiger partial charge on any atom is 0.253 e. The van der Waals surface area contributed by atoms with Gasteiger partial charge in [0.15, 0.2) is 0 Å². The van der Waals surface area contributed by atoms with Gasteiger partial charge >= 0.3 is 0 Å². The van der Waals surface area contributed by atoms with Crippen LogP contribution in [0.3, 0.4) is 0 Å². The molecular weight excluding hydrogens is 344 g/mol. The standard InChI is InChI=1S/C17H24N2O5S/c1-19(11-15-12-23-8-9-24-15)17(20)13-4-2-7-16(10-13)25(21,22)18-14-5-3-6-14/h2,4,7,10,14-15,18H,3,5-6,8-9,11-12H2,1H3. The first-order chi connectivity index (χ1) is 12.0. The van der Waals surface area contributed by atoms with E-state index in [0.29, 0.717) is 31.9 Å². The van der Waals surface area contributed by atoms with Crippen LogP contribution in [0.25, 0.3) is 0 Å². The quantitative estimate of drug-likeness (QED) is 0.810. The minimum atomic E-state index is -3.59. The predicted molar refractivity (Wildman–Crippen MR) is 91.9 cm³/mol. The molecule has 1 N–H and O–H groups in total. The average Bonchev–Trinajstić information content (AvgIpc) is 2.58. The molecule has 3 rings (SSSR count). The summed E-state index contributed by atoms with van der Waals surface area (Å²) in [6, 6.07) is 6.17. The Kier molecular flexibility index (Phi) is 5.73. The number of nitrogens with zero attached hydrogens (tertiary/aromatic N) is 1. The van der Waals surface area contributed by atoms with Crippen LogP contribution in [0.5, 0.6) is 0 Å². The molecule has 1 aromatic rings. The van der Waals surface area contributed by atoms with Crippen molar-refractivity contribution in [1.82, 2.24) is 9.62 Å². The fourth-order valence-corrected chi connectivity index (χ4v) is 4.21. The van der Waals surface area contributed by atoms with Gasteiger partial charge < -0.3 is 14.4 Å². The molecule has 1 aliphatic carbocycles. The van der Waals surface area contributed by atoms with Gasteiger partial charge in [-0.15, -0.1) is 0 Å². The second kappa shape index (κ2) is 7.82. The molecule has 1 atom stereocenters. The summed E-state index contributed by atoms with van der Waals surface area (Å²) in [6.07, 6.45) is 2.62. The van der Waals surface area contributed by atoms with Crippen LogP contribution < -0.4 is 4.72 Å². The molecule has 1 saturated carbocycles. The lowest BCUT2D eigenvalue weighted by Gasteiger charge is -2.28. The zero-order valence-corrected chi connectivity index (χ0v) is 15.1. The predicted octanol–water partition coefficient (Wildman–Crippen LogP) is 1.00. The maximum absolute atomic E-state index is 12.6. The van der Waals surface area contributed by atoms with Crippen molar-refractivity contribution in [2.45, 2.75) is 36.3 Å². The molecule has 0 aromatic heterocycles. The molecular formula is C17H24N2O5S. The summed E-state index contributed by atoms with van der Waals surface area (Å²) in [7, 11) is -1.92. The molecule has 2 fully saturated rings. The number of nitrogens with one attached hydrogen (secondary N) is 1. The molecule has 0 bridgehead atoms. The zero-order chi connectivity index (χ0) is 17.9. The largest absolute Gasteiger partial charge is 0.376 e. The molecule has 0 spiro atoms. The third kappa shape index (κ3) is 4.58. The highest BCUT2D eigenvalue weighted by molar-refractivity contribution is 7.89. The van der Waals surface area contributed by atoms with Crippen LogP contribution in [0.1, 0.15) is 29.6 Å². The van der Waals surface area contributed by atoms with Gasteiger partial charge in [0.2, 0.25) is 10.0 Å². The van der Waals surface area contributed by atoms with E-state index in [1.54, 1.807) is 19.2 Å². The molecule has 1 unspecified atom stereocenters. The number of carbonyl (C=O) groups excluding carboxylic acids is 1. The van der Waals surface area contributed by atoms with E-state index in [1.165, 1.54) is 17.0 Å². The van der Waals surface area contributed by atoms with Crippen LogP contribution in [-0.4, -0.2) is 64.8 Å². The van der Waals surface area contributed by atoms with Crippen molar-refractivity contribution < 1.29 is 22.7 Å². The van der Waals surface area contributed by atoms with Gasteiger partial charge in [-0.05, 0) is 31.0 Å². The monoisotopic (exact) mass is 368 g/mol. The Morgan fingerprint density at radius 2 is 2.12 bits per heavy atom. The molecule has 1 heterocycles. The SMILES string of the molecule is CN(CC1COCCO1)C(=O)c1cccc(S(=O)(=O)NC2CCC2)c1. The molecule has 1 amide bonds. The van der Waals surface area contributed by atoms with Crippen molar-refractivity contribution >= 4 is 15.9 Å². The second-order valence-electron chi connectivity index (χ2n) is 6.53. The number of hydrogen-bond donors (Lipinski definition) is 1. The highest BCUT2D eigenvalue weighted by atomic mass is 32.2. The summed E-state index contributed by atoms with van der Waals surface area (Å²) in [6.45, 7) is 1.95. The van der Waals surface area contributed by atoms with Crippen LogP contribution in [0.15, 0.2) is 29.2 Å². The Morgan fingerprint density at radius 1 is 1.32 bits per heavy atom. The first-order valence-electron chi connectivity index (χ1n) is 8.53. The summed E-state index contributed by atoms with van der Waals surface area (Å²) >= 11 is 0. The van der Waals surface area contributed by atoms with Crippen LogP contribution in [-0.2, 0) is 19.5 Å². The highest BCUT2D eigenvalue weighted by Crippen LogP contribution is 2.21. The van der Waals surface area contributed by atoms with E-state index >= 15 is 0 Å². The molecule has 0 radical (unpaired) electrons. The van der Waals surface area contributed by atoms with E-state index in [-0.39, 0.29) is 22.9 Å². The smallest absolute Gasteiger partial charge is 0.253 e. The Balaban J connectivity index is 1.68. The normalized spacial score (nSPS) is 21.6. The fraction of sp³-hybridized carbons (Fsp3) is 0.588. The molecule has 8 heteroatoms. The molecule has 7 nitrogen and oxygen atoms in total. The van der Waals surface area contributed by atoms with Gasteiger partial charge in [0, 0.05) is 25.2 Å². The molecule has 1 aromatic carbocycles. The number of sulfonamides is 1. The molecule has 1 saturated heterocycles. The maximum atomic E-state index is 12.6. The van der Waals surface area contributed by atoms with E-state index in [9.17, 15) is 13.2 Å². The number of amides is 1. The summed E-state index contributed by atoms with van der Waals surface area (Å²) in [5, 5.41) is 0. The van der Waals surface area contributed by atoms with Gasteiger partial charge in [0.1, 0.15) is 0 Å². The second-order valence-corrected chi connectivity index (χ2v) is 8.24. The van der Waals surface area contributed by atoms with E-state index < -0.39 is 10.0 Å². The third-order valence-corrected chi connectivity index (χ3v) is 6.05. The molecule has 2 aliphatic rings. The Labute approximate surface area is 148 Å². The summed E-state index contributed by atoms with van der Waals surface area (Å²) < 4.78 is 38.4. The lowest BCUT2D eigenvalue weighted by Crippen LogP contribution is -2.41. The Morgan fingerprint density at radius 3 is 2.76 bits per heavy atom. The van der Waals surface area contributed by atoms with E-state index in [1.807, 2.05) is 0 Å². The van der Waals surface area contributed by atoms with Gasteiger partial charge in [-0.3, -0.25) is 4.79 Å². The number of benzene rings is 1. The zero-order valence-electron chi connectivity index (χ0n) is 14.3. The number of likely N-dealkylation sites (N-methyl/N-ethyl adjacent to an activating group) is 1. The topological polar surface area (TPSA) is 84.9 Å². The first-order valence-corrected chi connectivity index (χ1v) is 10.0. The Hall–Kier alpha value is -1.48. The fourth-order valence-electron chi connectivity index (χ4n) is 2.86. The first kappa shape index (κ1) is 18.3. The van der Waals surface area contributed by atoms with Crippen LogP contribution in [0.4, 0.5) is 0 Å². The van der Waals surface area contributed by atoms with Gasteiger partial charge in [-0.2, -0.15) is 0 Å². The van der Waals surface area contributed by atoms with Crippen molar-refractivity contribution in [1.29, 1.82) is 0 Å². The van der Waals surface area contributed by atoms with Crippen LogP contribution in [0, 0.1) is 0 Å². The van der Waals surface area contributed by atoms with E-state index in [2.05, 4.69) is 4.72 Å². The summed E-state index contributed by atoms with van der Waals surface area (Å²) in [5.41, 5.74) is 0.343. The minimum Gasteiger partial charge on any atom is -0.376 e. The van der Waals surface area contributed by atoms with Gasteiger partial charge in [0.05, 0.1) is 30.8 Å². The molecule has 1 aliphatic heterocycles. The van der Waals surface area contributed by atoms with E-state index in [0.717, 1.165) is 19.3 Å². The van der Waals surface area contributed by atoms with Crippen molar-refractivity contribution in [3.05, 3.63) is 29.8 Å². The average molecular weight is 368 g/mol. The van der Waals surface area contributed by atoms with Crippen molar-refractivity contribution in [2.24, 2.45) is 0 Å². The number of hydrogen-bond acceptors (Lipinski definition) is 5. The van der Waals surface area contributed by atoms with Gasteiger partial charge in [0.25, 0.3) is 5.91 Å². The molecule has 138 valence electrons.